The maximum absolute atomic E-state index is 11.8. The van der Waals surface area contributed by atoms with Crippen LogP contribution in [0.15, 0.2) is 24.3 Å². The van der Waals surface area contributed by atoms with Gasteiger partial charge in [0.05, 0.1) is 12.5 Å². The maximum atomic E-state index is 11.8. The average Bonchev–Trinajstić information content (AvgIpc) is 2.57. The zero-order valence-electron chi connectivity index (χ0n) is 10.9. The molecule has 2 amide bonds. The number of carbonyl (C=O) groups is 2. The summed E-state index contributed by atoms with van der Waals surface area (Å²) >= 11 is 0. The van der Waals surface area contributed by atoms with Crippen LogP contribution in [0, 0.1) is 6.92 Å². The summed E-state index contributed by atoms with van der Waals surface area (Å²) in [6.45, 7) is 4.06. The Kier molecular flexibility index (Phi) is 3.48. The first kappa shape index (κ1) is 12.8. The van der Waals surface area contributed by atoms with Crippen LogP contribution in [0.2, 0.25) is 0 Å². The molecule has 1 aromatic carbocycles. The largest absolute Gasteiger partial charge is 0.299 e. The maximum Gasteiger partial charge on any atom is 0.246 e. The van der Waals surface area contributed by atoms with E-state index in [0.717, 1.165) is 5.56 Å². The van der Waals surface area contributed by atoms with E-state index in [4.69, 9.17) is 0 Å². The van der Waals surface area contributed by atoms with Gasteiger partial charge in [0.25, 0.3) is 0 Å². The summed E-state index contributed by atoms with van der Waals surface area (Å²) in [5, 5.41) is 3.23. The Hall–Kier alpha value is -1.68. The number of nitrogens with one attached hydrogen (secondary N) is 1. The monoisotopic (exact) mass is 246 g/mol. The van der Waals surface area contributed by atoms with Gasteiger partial charge in [-0.05, 0) is 25.0 Å². The molecule has 4 nitrogen and oxygen atoms in total. The summed E-state index contributed by atoms with van der Waals surface area (Å²) in [5.74, 6) is -0.255. The molecule has 0 bridgehead atoms. The average molecular weight is 246 g/mol. The van der Waals surface area contributed by atoms with Crippen LogP contribution in [-0.4, -0.2) is 29.8 Å². The summed E-state index contributed by atoms with van der Waals surface area (Å²) in [6.07, 6.45) is 0.256. The van der Waals surface area contributed by atoms with Gasteiger partial charge in [0.15, 0.2) is 0 Å². The van der Waals surface area contributed by atoms with Gasteiger partial charge in [0.2, 0.25) is 11.8 Å². The lowest BCUT2D eigenvalue weighted by Gasteiger charge is -2.19. The first-order chi connectivity index (χ1) is 8.50. The van der Waals surface area contributed by atoms with Crippen LogP contribution in [-0.2, 0) is 9.59 Å². The van der Waals surface area contributed by atoms with E-state index in [1.54, 1.807) is 0 Å². The van der Waals surface area contributed by atoms with Crippen LogP contribution < -0.4 is 5.32 Å². The lowest BCUT2D eigenvalue weighted by Crippen LogP contribution is -2.38. The molecule has 2 atom stereocenters. The Balaban J connectivity index is 2.09. The summed E-state index contributed by atoms with van der Waals surface area (Å²) < 4.78 is 0. The Morgan fingerprint density at radius 1 is 1.33 bits per heavy atom. The molecular formula is C14H18N2O2. The molecule has 1 saturated heterocycles. The fourth-order valence-electron chi connectivity index (χ4n) is 2.35. The number of imide groups is 1. The van der Waals surface area contributed by atoms with Gasteiger partial charge in [-0.2, -0.15) is 0 Å². The lowest BCUT2D eigenvalue weighted by atomic mass is 10.0. The highest BCUT2D eigenvalue weighted by molar-refractivity contribution is 6.05. The number of amides is 2. The molecule has 18 heavy (non-hydrogen) atoms. The quantitative estimate of drug-likeness (QED) is 0.820. The zero-order chi connectivity index (χ0) is 13.3. The highest BCUT2D eigenvalue weighted by Gasteiger charge is 2.36. The summed E-state index contributed by atoms with van der Waals surface area (Å²) in [6, 6.07) is 7.72. The van der Waals surface area contributed by atoms with Crippen LogP contribution in [0.25, 0.3) is 0 Å². The van der Waals surface area contributed by atoms with Crippen LogP contribution >= 0.6 is 0 Å². The van der Waals surface area contributed by atoms with Gasteiger partial charge in [-0.3, -0.25) is 19.8 Å². The third kappa shape index (κ3) is 2.29. The topological polar surface area (TPSA) is 49.4 Å². The van der Waals surface area contributed by atoms with Gasteiger partial charge in [0, 0.05) is 13.1 Å². The van der Waals surface area contributed by atoms with E-state index in [0.29, 0.717) is 0 Å². The first-order valence-corrected chi connectivity index (χ1v) is 6.12. The van der Waals surface area contributed by atoms with Gasteiger partial charge >= 0.3 is 0 Å². The predicted molar refractivity (Wildman–Crippen MR) is 68.9 cm³/mol. The zero-order valence-corrected chi connectivity index (χ0v) is 10.9. The molecule has 0 aromatic heterocycles. The van der Waals surface area contributed by atoms with Crippen LogP contribution in [0.3, 0.4) is 0 Å². The summed E-state index contributed by atoms with van der Waals surface area (Å²) in [4.78, 5) is 24.5. The molecule has 0 spiro atoms. The van der Waals surface area contributed by atoms with Crippen LogP contribution in [0.4, 0.5) is 0 Å². The van der Waals surface area contributed by atoms with E-state index in [2.05, 4.69) is 5.32 Å². The Bertz CT molecular complexity index is 484. The number of hydrogen-bond donors (Lipinski definition) is 1. The normalized spacial score (nSPS) is 21.5. The molecule has 4 heteroatoms. The minimum atomic E-state index is -0.392. The second kappa shape index (κ2) is 4.90. The smallest absolute Gasteiger partial charge is 0.246 e. The number of rotatable bonds is 3. The number of aryl methyl sites for hydroxylation is 1. The summed E-state index contributed by atoms with van der Waals surface area (Å²) in [7, 11) is 1.53. The van der Waals surface area contributed by atoms with Gasteiger partial charge < -0.3 is 0 Å². The Labute approximate surface area is 107 Å². The number of likely N-dealkylation sites (tertiary alicyclic amines) is 1. The molecule has 0 aliphatic carbocycles. The molecule has 1 aromatic rings. The van der Waals surface area contributed by atoms with E-state index in [1.807, 2.05) is 38.1 Å². The minimum Gasteiger partial charge on any atom is -0.299 e. The molecular weight excluding hydrogens is 228 g/mol. The third-order valence-corrected chi connectivity index (χ3v) is 3.49. The van der Waals surface area contributed by atoms with E-state index < -0.39 is 6.04 Å². The van der Waals surface area contributed by atoms with Gasteiger partial charge in [-0.1, -0.05) is 24.3 Å². The van der Waals surface area contributed by atoms with E-state index in [-0.39, 0.29) is 24.3 Å². The fourth-order valence-corrected chi connectivity index (χ4v) is 2.35. The van der Waals surface area contributed by atoms with E-state index >= 15 is 0 Å². The van der Waals surface area contributed by atoms with Crippen molar-refractivity contribution in [1.82, 2.24) is 10.2 Å². The van der Waals surface area contributed by atoms with Crippen molar-refractivity contribution >= 4 is 11.8 Å². The molecule has 1 aliphatic heterocycles. The Morgan fingerprint density at radius 2 is 2.00 bits per heavy atom. The van der Waals surface area contributed by atoms with Crippen LogP contribution in [0.1, 0.15) is 30.5 Å². The number of benzene rings is 1. The highest BCUT2D eigenvalue weighted by atomic mass is 16.2. The van der Waals surface area contributed by atoms with Gasteiger partial charge in [-0.25, -0.2) is 0 Å². The van der Waals surface area contributed by atoms with E-state index in [1.165, 1.54) is 17.5 Å². The number of carbonyl (C=O) groups excluding carboxylic acids is 2. The molecule has 1 fully saturated rings. The SMILES string of the molecule is Cc1ccccc1[C@@H](C)NC1CC(=O)N(C)C1=O. The van der Waals surface area contributed by atoms with E-state index in [9.17, 15) is 9.59 Å². The molecule has 0 radical (unpaired) electrons. The molecule has 1 aliphatic rings. The van der Waals surface area contributed by atoms with Crippen molar-refractivity contribution in [3.63, 3.8) is 0 Å². The second-order valence-corrected chi connectivity index (χ2v) is 4.79. The minimum absolute atomic E-state index is 0.0550. The highest BCUT2D eigenvalue weighted by Crippen LogP contribution is 2.20. The van der Waals surface area contributed by atoms with Crippen LogP contribution in [0.5, 0.6) is 0 Å². The third-order valence-electron chi connectivity index (χ3n) is 3.49. The molecule has 96 valence electrons. The standard InChI is InChI=1S/C14H18N2O2/c1-9-6-4-5-7-11(9)10(2)15-12-8-13(17)16(3)14(12)18/h4-7,10,12,15H,8H2,1-3H3/t10-,12?/m1/s1. The van der Waals surface area contributed by atoms with Crippen molar-refractivity contribution in [2.45, 2.75) is 32.4 Å². The van der Waals surface area contributed by atoms with Gasteiger partial charge in [-0.15, -0.1) is 0 Å². The molecule has 0 saturated carbocycles. The van der Waals surface area contributed by atoms with Crippen molar-refractivity contribution in [2.75, 3.05) is 7.05 Å². The predicted octanol–water partition coefficient (Wildman–Crippen LogP) is 1.40. The fraction of sp³-hybridized carbons (Fsp3) is 0.429. The van der Waals surface area contributed by atoms with Gasteiger partial charge in [0.1, 0.15) is 0 Å². The number of hydrogen-bond acceptors (Lipinski definition) is 3. The number of nitrogens with zero attached hydrogens (tertiary/aromatic N) is 1. The van der Waals surface area contributed by atoms with Crippen molar-refractivity contribution in [3.8, 4) is 0 Å². The van der Waals surface area contributed by atoms with Crippen molar-refractivity contribution in [3.05, 3.63) is 35.4 Å². The van der Waals surface area contributed by atoms with Crippen molar-refractivity contribution in [2.24, 2.45) is 0 Å². The first-order valence-electron chi connectivity index (χ1n) is 6.12. The lowest BCUT2D eigenvalue weighted by molar-refractivity contribution is -0.137. The Morgan fingerprint density at radius 3 is 2.56 bits per heavy atom. The molecule has 1 N–H and O–H groups in total. The molecule has 1 unspecified atom stereocenters. The number of likely N-dealkylation sites (N-methyl/N-ethyl adjacent to an activating group) is 1. The summed E-state index contributed by atoms with van der Waals surface area (Å²) in [5.41, 5.74) is 2.34. The second-order valence-electron chi connectivity index (χ2n) is 4.79. The van der Waals surface area contributed by atoms with Crippen molar-refractivity contribution in [1.29, 1.82) is 0 Å². The van der Waals surface area contributed by atoms with Crippen molar-refractivity contribution < 1.29 is 9.59 Å². The molecule has 1 heterocycles. The molecule has 2 rings (SSSR count).